The van der Waals surface area contributed by atoms with Crippen LogP contribution in [-0.2, 0) is 0 Å². The van der Waals surface area contributed by atoms with E-state index in [1.807, 2.05) is 11.8 Å². The van der Waals surface area contributed by atoms with Crippen LogP contribution in [0.4, 0.5) is 5.95 Å². The van der Waals surface area contributed by atoms with Crippen LogP contribution in [0.25, 0.3) is 0 Å². The fraction of sp³-hybridized carbons (Fsp3) is 0.467. The van der Waals surface area contributed by atoms with Gasteiger partial charge >= 0.3 is 0 Å². The monoisotopic (exact) mass is 301 g/mol. The second-order valence-electron chi connectivity index (χ2n) is 5.72. The molecule has 0 spiro atoms. The maximum Gasteiger partial charge on any atom is 0.244 e. The largest absolute Gasteiger partial charge is 0.337 e. The minimum absolute atomic E-state index is 0.341. The molecule has 0 aliphatic carbocycles. The molecule has 21 heavy (non-hydrogen) atoms. The third-order valence-corrected chi connectivity index (χ3v) is 5.36. The van der Waals surface area contributed by atoms with Crippen molar-refractivity contribution in [2.75, 3.05) is 30.3 Å². The molecule has 0 amide bonds. The van der Waals surface area contributed by atoms with Crippen LogP contribution in [-0.4, -0.2) is 46.6 Å². The first-order chi connectivity index (χ1) is 10.3. The molecule has 2 aliphatic rings. The van der Waals surface area contributed by atoms with Gasteiger partial charge in [0, 0.05) is 36.3 Å². The van der Waals surface area contributed by atoms with Crippen molar-refractivity contribution >= 4 is 17.7 Å². The van der Waals surface area contributed by atoms with E-state index in [4.69, 9.17) is 4.98 Å². The third-order valence-electron chi connectivity index (χ3n) is 4.17. The summed E-state index contributed by atoms with van der Waals surface area (Å²) in [5, 5.41) is 11.1. The predicted molar refractivity (Wildman–Crippen MR) is 85.1 cm³/mol. The molecule has 2 atom stereocenters. The van der Waals surface area contributed by atoms with Gasteiger partial charge in [-0.2, -0.15) is 4.98 Å². The van der Waals surface area contributed by atoms with Crippen molar-refractivity contribution < 1.29 is 0 Å². The van der Waals surface area contributed by atoms with Crippen LogP contribution in [0.3, 0.4) is 0 Å². The van der Waals surface area contributed by atoms with Gasteiger partial charge in [0.1, 0.15) is 5.82 Å². The smallest absolute Gasteiger partial charge is 0.244 e. The average Bonchev–Trinajstić information content (AvgIpc) is 3.14. The summed E-state index contributed by atoms with van der Waals surface area (Å²) in [7, 11) is 0. The second kappa shape index (κ2) is 5.35. The van der Waals surface area contributed by atoms with Crippen molar-refractivity contribution in [3.8, 4) is 0 Å². The predicted octanol–water partition coefficient (Wildman–Crippen LogP) is 1.84. The van der Waals surface area contributed by atoms with Gasteiger partial charge in [-0.25, -0.2) is 0 Å². The first kappa shape index (κ1) is 13.2. The summed E-state index contributed by atoms with van der Waals surface area (Å²) in [5.41, 5.74) is 1.37. The number of piperazine rings is 1. The SMILES string of the molecule is C[C@H]1CN(c2n[nH]c(C3CSc4ccccc43)n2)CCN1. The molecule has 5 nitrogen and oxygen atoms in total. The molecule has 110 valence electrons. The molecule has 2 aromatic rings. The number of hydrogen-bond donors (Lipinski definition) is 2. The van der Waals surface area contributed by atoms with E-state index in [-0.39, 0.29) is 0 Å². The zero-order chi connectivity index (χ0) is 14.2. The van der Waals surface area contributed by atoms with Gasteiger partial charge in [0.25, 0.3) is 0 Å². The zero-order valence-electron chi connectivity index (χ0n) is 12.0. The molecule has 3 heterocycles. The van der Waals surface area contributed by atoms with Crippen LogP contribution in [0.2, 0.25) is 0 Å². The van der Waals surface area contributed by atoms with Crippen LogP contribution < -0.4 is 10.2 Å². The normalized spacial score (nSPS) is 25.1. The molecule has 0 radical (unpaired) electrons. The van der Waals surface area contributed by atoms with E-state index in [0.29, 0.717) is 12.0 Å². The van der Waals surface area contributed by atoms with Crippen LogP contribution in [0.5, 0.6) is 0 Å². The van der Waals surface area contributed by atoms with Gasteiger partial charge in [0.2, 0.25) is 5.95 Å². The molecule has 1 saturated heterocycles. The summed E-state index contributed by atoms with van der Waals surface area (Å²) in [6.45, 7) is 5.13. The lowest BCUT2D eigenvalue weighted by Gasteiger charge is -2.30. The third kappa shape index (κ3) is 2.42. The molecule has 2 N–H and O–H groups in total. The number of thioether (sulfide) groups is 1. The quantitative estimate of drug-likeness (QED) is 0.886. The first-order valence-corrected chi connectivity index (χ1v) is 8.42. The molecule has 1 unspecified atom stereocenters. The molecular formula is C15H19N5S. The maximum absolute atomic E-state index is 4.77. The van der Waals surface area contributed by atoms with Gasteiger partial charge in [0.05, 0.1) is 5.92 Å². The van der Waals surface area contributed by atoms with Crippen molar-refractivity contribution in [2.24, 2.45) is 0 Å². The van der Waals surface area contributed by atoms with E-state index in [2.05, 4.69) is 51.6 Å². The van der Waals surface area contributed by atoms with Crippen molar-refractivity contribution in [3.63, 3.8) is 0 Å². The lowest BCUT2D eigenvalue weighted by atomic mass is 10.0. The number of fused-ring (bicyclic) bond motifs is 1. The highest BCUT2D eigenvalue weighted by Crippen LogP contribution is 2.41. The van der Waals surface area contributed by atoms with Gasteiger partial charge < -0.3 is 10.2 Å². The highest BCUT2D eigenvalue weighted by atomic mass is 32.2. The van der Waals surface area contributed by atoms with Crippen molar-refractivity contribution in [1.82, 2.24) is 20.5 Å². The Kier molecular flexibility index (Phi) is 3.35. The van der Waals surface area contributed by atoms with Gasteiger partial charge in [-0.05, 0) is 18.6 Å². The number of anilines is 1. The van der Waals surface area contributed by atoms with Crippen LogP contribution >= 0.6 is 11.8 Å². The fourth-order valence-corrected chi connectivity index (χ4v) is 4.30. The Balaban J connectivity index is 1.58. The summed E-state index contributed by atoms with van der Waals surface area (Å²) in [5.74, 6) is 3.22. The van der Waals surface area contributed by atoms with E-state index >= 15 is 0 Å². The number of rotatable bonds is 2. The van der Waals surface area contributed by atoms with Crippen LogP contribution in [0.1, 0.15) is 24.2 Å². The van der Waals surface area contributed by atoms with Crippen LogP contribution in [0.15, 0.2) is 29.2 Å². The lowest BCUT2D eigenvalue weighted by Crippen LogP contribution is -2.49. The van der Waals surface area contributed by atoms with E-state index in [0.717, 1.165) is 37.2 Å². The van der Waals surface area contributed by atoms with Crippen molar-refractivity contribution in [3.05, 3.63) is 35.7 Å². The van der Waals surface area contributed by atoms with E-state index in [1.165, 1.54) is 10.5 Å². The Morgan fingerprint density at radius 3 is 3.14 bits per heavy atom. The molecule has 0 saturated carbocycles. The minimum Gasteiger partial charge on any atom is -0.337 e. The minimum atomic E-state index is 0.341. The molecular weight excluding hydrogens is 282 g/mol. The Morgan fingerprint density at radius 1 is 1.33 bits per heavy atom. The summed E-state index contributed by atoms with van der Waals surface area (Å²) in [6, 6.07) is 9.09. The van der Waals surface area contributed by atoms with Gasteiger partial charge in [-0.1, -0.05) is 18.2 Å². The lowest BCUT2D eigenvalue weighted by molar-refractivity contribution is 0.479. The summed E-state index contributed by atoms with van der Waals surface area (Å²) < 4.78 is 0. The number of benzene rings is 1. The molecule has 2 aliphatic heterocycles. The molecule has 0 bridgehead atoms. The number of aromatic amines is 1. The van der Waals surface area contributed by atoms with Gasteiger partial charge in [0.15, 0.2) is 0 Å². The highest BCUT2D eigenvalue weighted by Gasteiger charge is 2.28. The zero-order valence-corrected chi connectivity index (χ0v) is 12.9. The van der Waals surface area contributed by atoms with E-state index in [9.17, 15) is 0 Å². The summed E-state index contributed by atoms with van der Waals surface area (Å²) in [4.78, 5) is 8.40. The Morgan fingerprint density at radius 2 is 2.24 bits per heavy atom. The summed E-state index contributed by atoms with van der Waals surface area (Å²) in [6.07, 6.45) is 0. The standard InChI is InChI=1S/C15H19N5S/c1-10-8-20(7-6-16-10)15-17-14(18-19-15)12-9-21-13-5-3-2-4-11(12)13/h2-5,10,12,16H,6-9H2,1H3,(H,17,18,19)/t10-,12?/m0/s1. The van der Waals surface area contributed by atoms with E-state index in [1.54, 1.807) is 0 Å². The Bertz CT molecular complexity index is 640. The van der Waals surface area contributed by atoms with Crippen LogP contribution in [0, 0.1) is 0 Å². The fourth-order valence-electron chi connectivity index (χ4n) is 3.07. The molecule has 1 aromatic carbocycles. The van der Waals surface area contributed by atoms with Gasteiger partial charge in [-0.15, -0.1) is 16.9 Å². The molecule has 1 aromatic heterocycles. The number of nitrogens with zero attached hydrogens (tertiary/aromatic N) is 3. The van der Waals surface area contributed by atoms with Crippen molar-refractivity contribution in [1.29, 1.82) is 0 Å². The Labute approximate surface area is 128 Å². The number of aromatic nitrogens is 3. The number of hydrogen-bond acceptors (Lipinski definition) is 5. The summed E-state index contributed by atoms with van der Waals surface area (Å²) >= 11 is 1.90. The maximum atomic E-state index is 4.77. The molecule has 4 rings (SSSR count). The van der Waals surface area contributed by atoms with Crippen molar-refractivity contribution in [2.45, 2.75) is 23.8 Å². The average molecular weight is 301 g/mol. The topological polar surface area (TPSA) is 56.8 Å². The second-order valence-corrected chi connectivity index (χ2v) is 6.79. The van der Waals surface area contributed by atoms with E-state index < -0.39 is 0 Å². The van der Waals surface area contributed by atoms with Gasteiger partial charge in [-0.3, -0.25) is 5.10 Å². The first-order valence-electron chi connectivity index (χ1n) is 7.43. The molecule has 6 heteroatoms. The number of H-pyrrole nitrogens is 1. The Hall–Kier alpha value is -1.53. The highest BCUT2D eigenvalue weighted by molar-refractivity contribution is 7.99. The number of nitrogens with one attached hydrogen (secondary N) is 2. The molecule has 1 fully saturated rings.